The number of thiophene rings is 1. The van der Waals surface area contributed by atoms with Crippen LogP contribution in [0.1, 0.15) is 11.3 Å². The van der Waals surface area contributed by atoms with Gasteiger partial charge in [-0.05, 0) is 48.1 Å². The van der Waals surface area contributed by atoms with Gasteiger partial charge in [-0.2, -0.15) is 0 Å². The molecule has 1 aliphatic rings. The van der Waals surface area contributed by atoms with Crippen LogP contribution in [-0.4, -0.2) is 44.2 Å². The van der Waals surface area contributed by atoms with Crippen LogP contribution in [0.15, 0.2) is 15.9 Å². The van der Waals surface area contributed by atoms with Crippen LogP contribution in [0.2, 0.25) is 0 Å². The molecule has 0 aromatic carbocycles. The van der Waals surface area contributed by atoms with Crippen LogP contribution in [0.4, 0.5) is 0 Å². The van der Waals surface area contributed by atoms with Gasteiger partial charge in [0.05, 0.1) is 3.79 Å². The predicted molar refractivity (Wildman–Crippen MR) is 77.6 cm³/mol. The van der Waals surface area contributed by atoms with Crippen molar-refractivity contribution in [2.45, 2.75) is 19.0 Å². The fraction of sp³-hybridized carbons (Fsp3) is 0.667. The molecule has 3 nitrogen and oxygen atoms in total. The van der Waals surface area contributed by atoms with Gasteiger partial charge >= 0.3 is 0 Å². The summed E-state index contributed by atoms with van der Waals surface area (Å²) in [5.41, 5.74) is 0. The maximum atomic E-state index is 3.57. The molecule has 96 valence electrons. The van der Waals surface area contributed by atoms with E-state index >= 15 is 0 Å². The first-order valence-corrected chi connectivity index (χ1v) is 7.72. The molecule has 1 aromatic rings. The maximum Gasteiger partial charge on any atom is 0.0701 e. The summed E-state index contributed by atoms with van der Waals surface area (Å²) in [6, 6.07) is 4.93. The molecule has 1 fully saturated rings. The van der Waals surface area contributed by atoms with Crippen LogP contribution in [0, 0.1) is 0 Å². The van der Waals surface area contributed by atoms with Gasteiger partial charge in [0.1, 0.15) is 0 Å². The van der Waals surface area contributed by atoms with Gasteiger partial charge in [-0.25, -0.2) is 0 Å². The lowest BCUT2D eigenvalue weighted by atomic mass is 10.1. The van der Waals surface area contributed by atoms with E-state index < -0.39 is 0 Å². The molecule has 0 bridgehead atoms. The number of rotatable bonds is 5. The lowest BCUT2D eigenvalue weighted by molar-refractivity contribution is 0.231. The van der Waals surface area contributed by atoms with E-state index in [1.807, 2.05) is 0 Å². The van der Waals surface area contributed by atoms with E-state index in [0.717, 1.165) is 19.6 Å². The zero-order valence-electron chi connectivity index (χ0n) is 10.2. The van der Waals surface area contributed by atoms with Crippen molar-refractivity contribution in [2.75, 3.05) is 33.2 Å². The highest BCUT2D eigenvalue weighted by atomic mass is 79.9. The number of likely N-dealkylation sites (N-methyl/N-ethyl adjacent to an activating group) is 1. The first-order valence-electron chi connectivity index (χ1n) is 6.11. The van der Waals surface area contributed by atoms with Crippen molar-refractivity contribution in [1.29, 1.82) is 0 Å². The summed E-state index contributed by atoms with van der Waals surface area (Å²) in [6.45, 7) is 5.54. The van der Waals surface area contributed by atoms with E-state index in [4.69, 9.17) is 0 Å². The minimum atomic E-state index is 0.649. The fourth-order valence-electron chi connectivity index (χ4n) is 2.12. The number of nitrogens with zero attached hydrogens (tertiary/aromatic N) is 1. The third-order valence-electron chi connectivity index (χ3n) is 3.06. The summed E-state index contributed by atoms with van der Waals surface area (Å²) in [6.07, 6.45) is 1.21. The second-order valence-corrected chi connectivity index (χ2v) is 7.13. The fourth-order valence-corrected chi connectivity index (χ4v) is 3.57. The molecule has 2 heterocycles. The summed E-state index contributed by atoms with van der Waals surface area (Å²) in [4.78, 5) is 3.79. The Bertz CT molecular complexity index is 342. The van der Waals surface area contributed by atoms with E-state index in [1.165, 1.54) is 28.2 Å². The third-order valence-corrected chi connectivity index (χ3v) is 4.68. The van der Waals surface area contributed by atoms with Gasteiger partial charge in [0.2, 0.25) is 0 Å². The van der Waals surface area contributed by atoms with Crippen molar-refractivity contribution < 1.29 is 0 Å². The van der Waals surface area contributed by atoms with Gasteiger partial charge < -0.3 is 15.5 Å². The van der Waals surface area contributed by atoms with Crippen molar-refractivity contribution in [3.63, 3.8) is 0 Å². The molecule has 2 rings (SSSR count). The Morgan fingerprint density at radius 2 is 2.47 bits per heavy atom. The molecule has 0 aliphatic carbocycles. The van der Waals surface area contributed by atoms with Crippen molar-refractivity contribution in [2.24, 2.45) is 0 Å². The Hall–Kier alpha value is 0.0600. The highest BCUT2D eigenvalue weighted by Crippen LogP contribution is 2.21. The summed E-state index contributed by atoms with van der Waals surface area (Å²) in [5, 5.41) is 7.07. The van der Waals surface area contributed by atoms with Crippen LogP contribution in [0.25, 0.3) is 0 Å². The van der Waals surface area contributed by atoms with E-state index in [2.05, 4.69) is 50.6 Å². The number of hydrogen-bond acceptors (Lipinski definition) is 4. The Labute approximate surface area is 116 Å². The molecule has 0 saturated carbocycles. The molecule has 1 aliphatic heterocycles. The largest absolute Gasteiger partial charge is 0.312 e. The highest BCUT2D eigenvalue weighted by molar-refractivity contribution is 9.11. The Balaban J connectivity index is 1.59. The molecule has 1 unspecified atom stereocenters. The molecule has 17 heavy (non-hydrogen) atoms. The van der Waals surface area contributed by atoms with Gasteiger partial charge in [0.25, 0.3) is 0 Å². The highest BCUT2D eigenvalue weighted by Gasteiger charge is 2.15. The van der Waals surface area contributed by atoms with Gasteiger partial charge in [0, 0.05) is 37.1 Å². The van der Waals surface area contributed by atoms with Crippen molar-refractivity contribution in [3.8, 4) is 0 Å². The number of nitrogens with one attached hydrogen (secondary N) is 2. The quantitative estimate of drug-likeness (QED) is 0.812. The molecule has 1 aromatic heterocycles. The molecule has 5 heteroatoms. The number of halogens is 1. The Kier molecular flexibility index (Phi) is 5.44. The van der Waals surface area contributed by atoms with E-state index in [1.54, 1.807) is 11.3 Å². The Morgan fingerprint density at radius 1 is 1.59 bits per heavy atom. The van der Waals surface area contributed by atoms with Gasteiger partial charge in [0.15, 0.2) is 0 Å². The lowest BCUT2D eigenvalue weighted by Crippen LogP contribution is -2.49. The molecule has 0 radical (unpaired) electrons. The van der Waals surface area contributed by atoms with Crippen LogP contribution in [-0.2, 0) is 6.54 Å². The summed E-state index contributed by atoms with van der Waals surface area (Å²) < 4.78 is 1.21. The summed E-state index contributed by atoms with van der Waals surface area (Å²) in [7, 11) is 2.20. The van der Waals surface area contributed by atoms with Crippen molar-refractivity contribution >= 4 is 27.3 Å². The summed E-state index contributed by atoms with van der Waals surface area (Å²) >= 11 is 5.29. The van der Waals surface area contributed by atoms with Crippen molar-refractivity contribution in [1.82, 2.24) is 15.5 Å². The molecular weight excluding hydrogens is 298 g/mol. The molecule has 1 atom stereocenters. The standard InChI is InChI=1S/C12H20BrN3S/c1-16-7-6-15-10(9-16)4-5-14-8-11-2-3-12(13)17-11/h2-3,10,14-15H,4-9H2,1H3. The first kappa shape index (κ1) is 13.5. The van der Waals surface area contributed by atoms with Gasteiger partial charge in [-0.15, -0.1) is 11.3 Å². The minimum absolute atomic E-state index is 0.649. The number of piperazine rings is 1. The van der Waals surface area contributed by atoms with Gasteiger partial charge in [-0.1, -0.05) is 0 Å². The average Bonchev–Trinajstić information content (AvgIpc) is 2.71. The predicted octanol–water partition coefficient (Wildman–Crippen LogP) is 1.89. The minimum Gasteiger partial charge on any atom is -0.312 e. The molecule has 2 N–H and O–H groups in total. The number of hydrogen-bond donors (Lipinski definition) is 2. The second kappa shape index (κ2) is 6.85. The topological polar surface area (TPSA) is 27.3 Å². The van der Waals surface area contributed by atoms with Crippen LogP contribution >= 0.6 is 27.3 Å². The third kappa shape index (κ3) is 4.67. The second-order valence-electron chi connectivity index (χ2n) is 4.58. The molecular formula is C12H20BrN3S. The van der Waals surface area contributed by atoms with E-state index in [9.17, 15) is 0 Å². The lowest BCUT2D eigenvalue weighted by Gasteiger charge is -2.30. The maximum absolute atomic E-state index is 3.57. The monoisotopic (exact) mass is 317 g/mol. The Morgan fingerprint density at radius 3 is 3.18 bits per heavy atom. The van der Waals surface area contributed by atoms with Crippen LogP contribution in [0.5, 0.6) is 0 Å². The summed E-state index contributed by atoms with van der Waals surface area (Å²) in [5.74, 6) is 0. The first-order chi connectivity index (χ1) is 8.24. The van der Waals surface area contributed by atoms with Gasteiger partial charge in [-0.3, -0.25) is 0 Å². The van der Waals surface area contributed by atoms with Crippen LogP contribution < -0.4 is 10.6 Å². The van der Waals surface area contributed by atoms with Crippen LogP contribution in [0.3, 0.4) is 0 Å². The normalized spacial score (nSPS) is 21.9. The average molecular weight is 318 g/mol. The zero-order valence-corrected chi connectivity index (χ0v) is 12.6. The molecule has 0 amide bonds. The van der Waals surface area contributed by atoms with Crippen molar-refractivity contribution in [3.05, 3.63) is 20.8 Å². The molecule has 0 spiro atoms. The van der Waals surface area contributed by atoms with E-state index in [0.29, 0.717) is 6.04 Å². The van der Waals surface area contributed by atoms with E-state index in [-0.39, 0.29) is 0 Å². The SMILES string of the molecule is CN1CCNC(CCNCc2ccc(Br)s2)C1. The molecule has 1 saturated heterocycles. The smallest absolute Gasteiger partial charge is 0.0701 e. The zero-order chi connectivity index (χ0) is 12.1.